The number of nitrogens with one attached hydrogen (secondary N) is 2. The third-order valence-electron chi connectivity index (χ3n) is 8.75. The van der Waals surface area contributed by atoms with Gasteiger partial charge in [0.1, 0.15) is 6.72 Å². The van der Waals surface area contributed by atoms with E-state index in [9.17, 15) is 19.0 Å². The molecule has 2 amide bonds. The van der Waals surface area contributed by atoms with Crippen molar-refractivity contribution in [1.82, 2.24) is 10.6 Å². The molecule has 2 atom stereocenters. The molecule has 360 valence electrons. The molecule has 0 saturated carbocycles. The molecule has 0 heterocycles. The lowest BCUT2D eigenvalue weighted by atomic mass is 10.1. The molecule has 0 aromatic carbocycles. The molecule has 10 nitrogen and oxygen atoms in total. The Labute approximate surface area is 374 Å². The van der Waals surface area contributed by atoms with Crippen LogP contribution in [0.1, 0.15) is 238 Å². The number of carbonyl (C=O) groups excluding carboxylic acids is 2. The summed E-state index contributed by atoms with van der Waals surface area (Å²) in [6, 6.07) is 0. The van der Waals surface area contributed by atoms with Crippen LogP contribution in [-0.2, 0) is 56.3 Å². The van der Waals surface area contributed by atoms with E-state index < -0.39 is 13.5 Å². The smallest absolute Gasteiger partial charge is 0.219 e. The van der Waals surface area contributed by atoms with Crippen LogP contribution in [0.4, 0.5) is 0 Å². The van der Waals surface area contributed by atoms with E-state index in [2.05, 4.69) is 57.6 Å². The minimum absolute atomic E-state index is 0. The van der Waals surface area contributed by atoms with Crippen LogP contribution in [0.5, 0.6) is 0 Å². The van der Waals surface area contributed by atoms with Gasteiger partial charge in [0.15, 0.2) is 6.80 Å². The molecule has 0 fully saturated rings. The minimum atomic E-state index is -3.25. The SMILES string of the molecule is C.C.C.C.C.C.CCCCCCCCCCCC(=O)NCCCCCCOP(=O)([S-])OC.CCCCCCCCCCCC(=O)NCCCCCCOP([O-])(=S)OC. The first-order valence-corrected chi connectivity index (χ1v) is 25.7. The summed E-state index contributed by atoms with van der Waals surface area (Å²) in [4.78, 5) is 34.8. The van der Waals surface area contributed by atoms with Gasteiger partial charge in [0, 0.05) is 40.2 Å². The first kappa shape index (κ1) is 75.3. The van der Waals surface area contributed by atoms with Crippen LogP contribution >= 0.6 is 13.5 Å². The highest BCUT2D eigenvalue weighted by molar-refractivity contribution is 8.32. The van der Waals surface area contributed by atoms with Crippen molar-refractivity contribution in [3.63, 3.8) is 0 Å². The molecule has 0 spiro atoms. The summed E-state index contributed by atoms with van der Waals surface area (Å²) in [5.74, 6) is 0.340. The summed E-state index contributed by atoms with van der Waals surface area (Å²) < 4.78 is 30.5. The van der Waals surface area contributed by atoms with Crippen LogP contribution in [0.15, 0.2) is 0 Å². The second-order valence-electron chi connectivity index (χ2n) is 13.6. The van der Waals surface area contributed by atoms with Gasteiger partial charge in [0.25, 0.3) is 0 Å². The third kappa shape index (κ3) is 62.6. The maximum atomic E-state index is 11.7. The van der Waals surface area contributed by atoms with Gasteiger partial charge in [-0.3, -0.25) is 14.2 Å². The number of carbonyl (C=O) groups is 2. The van der Waals surface area contributed by atoms with Crippen LogP contribution in [0.25, 0.3) is 0 Å². The number of amides is 2. The normalized spacial score (nSPS) is 12.1. The topological polar surface area (TPSA) is 135 Å². The molecule has 58 heavy (non-hydrogen) atoms. The Bertz CT molecular complexity index is 838. The van der Waals surface area contributed by atoms with Crippen LogP contribution in [0.3, 0.4) is 0 Å². The standard InChI is InChI=1S/2C19H40NO4PS.6CH4/c2*1-3-4-5-6-7-8-9-10-13-16-19(21)20-17-14-11-12-15-18-24-25(22,26)23-2;;;;;;/h2*3-18H2,1-2H3,(H,20,21)(H,22,26);6*1H4/p-2. The predicted molar refractivity (Wildman–Crippen MR) is 262 cm³/mol. The quantitative estimate of drug-likeness (QED) is 0.0350. The molecule has 2 N–H and O–H groups in total. The van der Waals surface area contributed by atoms with Crippen molar-refractivity contribution in [1.29, 1.82) is 0 Å². The maximum absolute atomic E-state index is 11.7. The van der Waals surface area contributed by atoms with E-state index in [4.69, 9.17) is 9.05 Å². The van der Waals surface area contributed by atoms with Crippen molar-refractivity contribution < 1.29 is 37.1 Å². The number of hydrogen-bond donors (Lipinski definition) is 2. The van der Waals surface area contributed by atoms with Gasteiger partial charge in [0.2, 0.25) is 11.8 Å². The molecular weight excluding hydrogens is 811 g/mol. The minimum Gasteiger partial charge on any atom is -0.780 e. The van der Waals surface area contributed by atoms with Gasteiger partial charge in [-0.25, -0.2) is 0 Å². The zero-order valence-corrected chi connectivity index (χ0v) is 37.0. The molecule has 0 aliphatic carbocycles. The molecule has 0 rings (SSSR count). The van der Waals surface area contributed by atoms with Crippen LogP contribution in [0, 0.1) is 0 Å². The average molecular weight is 913 g/mol. The molecule has 0 saturated heterocycles. The predicted octanol–water partition coefficient (Wildman–Crippen LogP) is 14.6. The van der Waals surface area contributed by atoms with Crippen molar-refractivity contribution in [3.05, 3.63) is 0 Å². The maximum Gasteiger partial charge on any atom is 0.219 e. The van der Waals surface area contributed by atoms with Gasteiger partial charge in [-0.05, 0) is 38.5 Å². The van der Waals surface area contributed by atoms with Gasteiger partial charge in [0.05, 0.1) is 13.2 Å². The molecule has 0 aliphatic heterocycles. The Kier molecular flexibility index (Phi) is 74.0. The molecule has 0 bridgehead atoms. The second-order valence-corrected chi connectivity index (χ2v) is 19.3. The number of hydrogen-bond acceptors (Lipinski definition) is 10. The number of rotatable bonds is 38. The fourth-order valence-corrected chi connectivity index (χ4v) is 6.81. The Balaban J connectivity index is -0.000000130. The van der Waals surface area contributed by atoms with Crippen LogP contribution in [0.2, 0.25) is 0 Å². The van der Waals surface area contributed by atoms with E-state index in [1.165, 1.54) is 104 Å². The lowest BCUT2D eigenvalue weighted by molar-refractivity contribution is -0.204. The highest BCUT2D eigenvalue weighted by Crippen LogP contribution is 2.44. The average Bonchev–Trinajstić information content (AvgIpc) is 3.12. The largest absolute Gasteiger partial charge is 0.780 e. The molecule has 0 aliphatic rings. The second kappa shape index (κ2) is 57.0. The molecule has 0 aromatic rings. The van der Waals surface area contributed by atoms with Gasteiger partial charge in [-0.15, -0.1) is 0 Å². The fraction of sp³-hybridized carbons (Fsp3) is 0.955. The van der Waals surface area contributed by atoms with Gasteiger partial charge >= 0.3 is 0 Å². The van der Waals surface area contributed by atoms with Crippen molar-refractivity contribution in [2.24, 2.45) is 0 Å². The lowest BCUT2D eigenvalue weighted by Gasteiger charge is -2.24. The monoisotopic (exact) mass is 913 g/mol. The van der Waals surface area contributed by atoms with E-state index in [-0.39, 0.29) is 56.4 Å². The van der Waals surface area contributed by atoms with Crippen molar-refractivity contribution in [3.8, 4) is 0 Å². The Morgan fingerprint density at radius 3 is 1.12 bits per heavy atom. The van der Waals surface area contributed by atoms with E-state index >= 15 is 0 Å². The fourth-order valence-electron chi connectivity index (χ4n) is 5.44. The van der Waals surface area contributed by atoms with Gasteiger partial charge < -0.3 is 45.9 Å². The highest BCUT2D eigenvalue weighted by atomic mass is 32.7. The summed E-state index contributed by atoms with van der Waals surface area (Å²) >= 11 is 9.27. The third-order valence-corrected chi connectivity index (χ3v) is 12.2. The summed E-state index contributed by atoms with van der Waals surface area (Å²) in [5.41, 5.74) is 0. The summed E-state index contributed by atoms with van der Waals surface area (Å²) in [6.07, 6.45) is 31.7. The van der Waals surface area contributed by atoms with E-state index in [0.717, 1.165) is 90.1 Å². The molecule has 0 radical (unpaired) electrons. The molecule has 14 heteroatoms. The number of unbranched alkanes of at least 4 members (excludes halogenated alkanes) is 22. The zero-order chi connectivity index (χ0) is 39.0. The zero-order valence-electron chi connectivity index (χ0n) is 33.6. The van der Waals surface area contributed by atoms with Crippen LogP contribution < -0.4 is 15.5 Å². The summed E-state index contributed by atoms with van der Waals surface area (Å²) in [6.45, 7) is 0.174. The van der Waals surface area contributed by atoms with E-state index in [0.29, 0.717) is 26.1 Å². The molecule has 2 unspecified atom stereocenters. The van der Waals surface area contributed by atoms with E-state index in [1.807, 2.05) is 0 Å². The van der Waals surface area contributed by atoms with E-state index in [1.54, 1.807) is 0 Å². The lowest BCUT2D eigenvalue weighted by Crippen LogP contribution is -2.23. The Morgan fingerprint density at radius 1 is 0.500 bits per heavy atom. The van der Waals surface area contributed by atoms with Gasteiger partial charge in [-0.2, -0.15) is 0 Å². The van der Waals surface area contributed by atoms with Crippen molar-refractivity contribution in [2.75, 3.05) is 40.5 Å². The van der Waals surface area contributed by atoms with Crippen molar-refractivity contribution in [2.45, 2.75) is 238 Å². The Morgan fingerprint density at radius 2 is 0.793 bits per heavy atom. The highest BCUT2D eigenvalue weighted by Gasteiger charge is 2.05. The first-order valence-electron chi connectivity index (χ1n) is 20.6. The van der Waals surface area contributed by atoms with Crippen molar-refractivity contribution >= 4 is 49.4 Å². The van der Waals surface area contributed by atoms with Crippen LogP contribution in [-0.4, -0.2) is 52.3 Å². The molecule has 0 aromatic heterocycles. The molecular formula is C44H102N2O8P2S2-2. The summed E-state index contributed by atoms with van der Waals surface area (Å²) in [5, 5.41) is 5.96. The Hall–Kier alpha value is -0.0300. The summed E-state index contributed by atoms with van der Waals surface area (Å²) in [7, 11) is 2.59. The first-order chi connectivity index (χ1) is 25.0. The van der Waals surface area contributed by atoms with Gasteiger partial charge in [-0.1, -0.05) is 199 Å².